The van der Waals surface area contributed by atoms with Crippen LogP contribution in [-0.2, 0) is 4.74 Å². The van der Waals surface area contributed by atoms with Gasteiger partial charge in [0.15, 0.2) is 0 Å². The molecule has 60 valence electrons. The zero-order valence-corrected chi connectivity index (χ0v) is 7.23. The molecule has 0 saturated heterocycles. The molecule has 0 aromatic heterocycles. The zero-order valence-electron chi connectivity index (χ0n) is 6.48. The number of ether oxygens (including phenoxy) is 1. The molecule has 0 radical (unpaired) electrons. The van der Waals surface area contributed by atoms with Crippen LogP contribution in [-0.4, -0.2) is 18.6 Å². The summed E-state index contributed by atoms with van der Waals surface area (Å²) in [6.45, 7) is 7.24. The number of alkyl halides is 1. The third kappa shape index (κ3) is 6.12. The first-order valence-electron chi connectivity index (χ1n) is 3.65. The Kier molecular flexibility index (Phi) is 7.09. The minimum atomic E-state index is 0.0665. The van der Waals surface area contributed by atoms with Gasteiger partial charge in [-0.25, -0.2) is 0 Å². The molecule has 0 N–H and O–H groups in total. The monoisotopic (exact) mass is 162 g/mol. The Hall–Kier alpha value is -0.0100. The molecule has 0 aliphatic carbocycles. The first-order valence-corrected chi connectivity index (χ1v) is 4.09. The Morgan fingerprint density at radius 2 is 2.30 bits per heavy atom. The minimum Gasteiger partial charge on any atom is -0.381 e. The van der Waals surface area contributed by atoms with Gasteiger partial charge in [0.05, 0.1) is 5.38 Å². The Balaban J connectivity index is 2.95. The van der Waals surface area contributed by atoms with Crippen molar-refractivity contribution in [1.29, 1.82) is 0 Å². The normalized spacial score (nSPS) is 13.0. The third-order valence-electron chi connectivity index (χ3n) is 1.14. The quantitative estimate of drug-likeness (QED) is 0.332. The molecule has 0 heterocycles. The van der Waals surface area contributed by atoms with E-state index in [9.17, 15) is 0 Å². The fourth-order valence-corrected chi connectivity index (χ4v) is 0.649. The van der Waals surface area contributed by atoms with Gasteiger partial charge in [0.1, 0.15) is 0 Å². The fourth-order valence-electron chi connectivity index (χ4n) is 0.560. The smallest absolute Gasteiger partial charge is 0.0535 e. The standard InChI is InChI=1S/C8H15ClO/c1-3-6-10-7-5-8(9)4-2/h4,8H,2-3,5-7H2,1H3. The third-order valence-corrected chi connectivity index (χ3v) is 1.54. The summed E-state index contributed by atoms with van der Waals surface area (Å²) in [4.78, 5) is 0. The van der Waals surface area contributed by atoms with Crippen LogP contribution in [0.25, 0.3) is 0 Å². The van der Waals surface area contributed by atoms with Crippen molar-refractivity contribution in [2.45, 2.75) is 25.1 Å². The fraction of sp³-hybridized carbons (Fsp3) is 0.750. The Morgan fingerprint density at radius 3 is 2.80 bits per heavy atom. The van der Waals surface area contributed by atoms with E-state index < -0.39 is 0 Å². The lowest BCUT2D eigenvalue weighted by Crippen LogP contribution is -2.01. The van der Waals surface area contributed by atoms with E-state index in [0.29, 0.717) is 0 Å². The van der Waals surface area contributed by atoms with E-state index >= 15 is 0 Å². The van der Waals surface area contributed by atoms with Crippen LogP contribution < -0.4 is 0 Å². The number of rotatable bonds is 6. The molecule has 10 heavy (non-hydrogen) atoms. The summed E-state index contributed by atoms with van der Waals surface area (Å²) < 4.78 is 5.22. The molecule has 0 aliphatic heterocycles. The van der Waals surface area contributed by atoms with Gasteiger partial charge in [0, 0.05) is 13.2 Å². The van der Waals surface area contributed by atoms with Gasteiger partial charge < -0.3 is 4.74 Å². The zero-order chi connectivity index (χ0) is 7.82. The van der Waals surface area contributed by atoms with Gasteiger partial charge in [-0.3, -0.25) is 0 Å². The maximum Gasteiger partial charge on any atom is 0.0535 e. The van der Waals surface area contributed by atoms with Crippen LogP contribution in [0.2, 0.25) is 0 Å². The highest BCUT2D eigenvalue weighted by atomic mass is 35.5. The van der Waals surface area contributed by atoms with E-state index in [1.807, 2.05) is 0 Å². The maximum atomic E-state index is 5.75. The summed E-state index contributed by atoms with van der Waals surface area (Å²) in [5, 5.41) is 0.0665. The predicted octanol–water partition coefficient (Wildman–Crippen LogP) is 2.60. The second-order valence-electron chi connectivity index (χ2n) is 2.15. The van der Waals surface area contributed by atoms with Gasteiger partial charge in [0.25, 0.3) is 0 Å². The number of allylic oxidation sites excluding steroid dienone is 1. The summed E-state index contributed by atoms with van der Waals surface area (Å²) >= 11 is 5.75. The van der Waals surface area contributed by atoms with Gasteiger partial charge in [-0.2, -0.15) is 0 Å². The summed E-state index contributed by atoms with van der Waals surface area (Å²) in [6.07, 6.45) is 3.67. The van der Waals surface area contributed by atoms with Crippen LogP contribution in [0.4, 0.5) is 0 Å². The molecule has 0 fully saturated rings. The molecule has 1 atom stereocenters. The molecule has 0 saturated carbocycles. The highest BCUT2D eigenvalue weighted by molar-refractivity contribution is 6.21. The molecule has 0 bridgehead atoms. The Labute approximate surface area is 68.0 Å². The van der Waals surface area contributed by atoms with Crippen LogP contribution in [0.15, 0.2) is 12.7 Å². The average Bonchev–Trinajstić information content (AvgIpc) is 1.98. The van der Waals surface area contributed by atoms with Gasteiger partial charge in [-0.05, 0) is 12.8 Å². The van der Waals surface area contributed by atoms with Crippen LogP contribution in [0.1, 0.15) is 19.8 Å². The Bertz CT molecular complexity index is 83.3. The van der Waals surface area contributed by atoms with Crippen LogP contribution >= 0.6 is 11.6 Å². The van der Waals surface area contributed by atoms with Crippen LogP contribution in [0.3, 0.4) is 0 Å². The van der Waals surface area contributed by atoms with Crippen molar-refractivity contribution in [2.75, 3.05) is 13.2 Å². The highest BCUT2D eigenvalue weighted by Gasteiger charge is 1.96. The molecule has 1 unspecified atom stereocenters. The van der Waals surface area contributed by atoms with Crippen molar-refractivity contribution < 1.29 is 4.74 Å². The lowest BCUT2D eigenvalue weighted by Gasteiger charge is -2.03. The number of hydrogen-bond acceptors (Lipinski definition) is 1. The van der Waals surface area contributed by atoms with E-state index in [0.717, 1.165) is 26.1 Å². The maximum absolute atomic E-state index is 5.75. The first-order chi connectivity index (χ1) is 4.81. The summed E-state index contributed by atoms with van der Waals surface area (Å²) in [6, 6.07) is 0. The van der Waals surface area contributed by atoms with E-state index in [4.69, 9.17) is 16.3 Å². The van der Waals surface area contributed by atoms with Crippen molar-refractivity contribution in [2.24, 2.45) is 0 Å². The molecule has 0 amide bonds. The van der Waals surface area contributed by atoms with Crippen molar-refractivity contribution in [1.82, 2.24) is 0 Å². The molecule has 0 aromatic rings. The average molecular weight is 163 g/mol. The largest absolute Gasteiger partial charge is 0.381 e. The van der Waals surface area contributed by atoms with E-state index in [2.05, 4.69) is 13.5 Å². The first kappa shape index (κ1) is 9.99. The molecular formula is C8H15ClO. The van der Waals surface area contributed by atoms with Crippen LogP contribution in [0.5, 0.6) is 0 Å². The predicted molar refractivity (Wildman–Crippen MR) is 45.6 cm³/mol. The topological polar surface area (TPSA) is 9.23 Å². The SMILES string of the molecule is C=CC(Cl)CCOCCC. The summed E-state index contributed by atoms with van der Waals surface area (Å²) in [7, 11) is 0. The van der Waals surface area contributed by atoms with Gasteiger partial charge in [-0.15, -0.1) is 18.2 Å². The van der Waals surface area contributed by atoms with Crippen molar-refractivity contribution in [3.05, 3.63) is 12.7 Å². The molecule has 0 aliphatic rings. The highest BCUT2D eigenvalue weighted by Crippen LogP contribution is 2.02. The van der Waals surface area contributed by atoms with Crippen molar-refractivity contribution in [3.63, 3.8) is 0 Å². The van der Waals surface area contributed by atoms with Crippen molar-refractivity contribution >= 4 is 11.6 Å². The van der Waals surface area contributed by atoms with E-state index in [-0.39, 0.29) is 5.38 Å². The van der Waals surface area contributed by atoms with E-state index in [1.165, 1.54) is 0 Å². The van der Waals surface area contributed by atoms with Crippen molar-refractivity contribution in [3.8, 4) is 0 Å². The molecule has 0 rings (SSSR count). The molecule has 1 nitrogen and oxygen atoms in total. The lowest BCUT2D eigenvalue weighted by molar-refractivity contribution is 0.133. The second-order valence-corrected chi connectivity index (χ2v) is 2.71. The Morgan fingerprint density at radius 1 is 1.60 bits per heavy atom. The molecule has 2 heteroatoms. The molecule has 0 aromatic carbocycles. The van der Waals surface area contributed by atoms with Gasteiger partial charge >= 0.3 is 0 Å². The molecular weight excluding hydrogens is 148 g/mol. The van der Waals surface area contributed by atoms with Gasteiger partial charge in [0.2, 0.25) is 0 Å². The number of hydrogen-bond donors (Lipinski definition) is 0. The lowest BCUT2D eigenvalue weighted by atomic mass is 10.3. The number of halogens is 1. The minimum absolute atomic E-state index is 0.0665. The van der Waals surface area contributed by atoms with E-state index in [1.54, 1.807) is 6.08 Å². The second kappa shape index (κ2) is 7.10. The molecule has 0 spiro atoms. The van der Waals surface area contributed by atoms with Gasteiger partial charge in [-0.1, -0.05) is 13.0 Å². The van der Waals surface area contributed by atoms with Crippen LogP contribution in [0, 0.1) is 0 Å². The summed E-state index contributed by atoms with van der Waals surface area (Å²) in [5.41, 5.74) is 0. The summed E-state index contributed by atoms with van der Waals surface area (Å²) in [5.74, 6) is 0.